The van der Waals surface area contributed by atoms with Gasteiger partial charge in [-0.2, -0.15) is 0 Å². The van der Waals surface area contributed by atoms with E-state index in [0.29, 0.717) is 13.2 Å². The monoisotopic (exact) mass is 270 g/mol. The lowest BCUT2D eigenvalue weighted by Crippen LogP contribution is -2.64. The van der Waals surface area contributed by atoms with Crippen LogP contribution < -0.4 is 0 Å². The van der Waals surface area contributed by atoms with Crippen molar-refractivity contribution in [3.63, 3.8) is 0 Å². The topological polar surface area (TPSA) is 27.7 Å². The maximum absolute atomic E-state index is 6.33. The first-order chi connectivity index (χ1) is 8.41. The van der Waals surface area contributed by atoms with Gasteiger partial charge >= 0.3 is 0 Å². The van der Waals surface area contributed by atoms with E-state index in [1.54, 1.807) is 0 Å². The smallest absolute Gasteiger partial charge is 0.215 e. The predicted octanol–water partition coefficient (Wildman–Crippen LogP) is 3.42. The minimum Gasteiger partial charge on any atom is -0.399 e. The molecule has 0 bridgehead atoms. The molecule has 0 aromatic rings. The molecule has 2 atom stereocenters. The van der Waals surface area contributed by atoms with Crippen molar-refractivity contribution in [1.82, 2.24) is 0 Å². The number of ether oxygens (including phenoxy) is 2. The molecule has 104 valence electrons. The third kappa shape index (κ3) is 2.62. The summed E-state index contributed by atoms with van der Waals surface area (Å²) >= 11 is 0. The Bertz CT molecular complexity index is 312. The van der Waals surface area contributed by atoms with E-state index < -0.39 is 19.7 Å². The van der Waals surface area contributed by atoms with Crippen LogP contribution in [-0.2, 0) is 13.9 Å². The number of rotatable bonds is 6. The summed E-state index contributed by atoms with van der Waals surface area (Å²) in [5.74, 6) is -0.715. The summed E-state index contributed by atoms with van der Waals surface area (Å²) < 4.78 is 18.2. The van der Waals surface area contributed by atoms with E-state index in [0.717, 1.165) is 12.5 Å². The highest BCUT2D eigenvalue weighted by Crippen LogP contribution is 2.45. The van der Waals surface area contributed by atoms with Crippen LogP contribution in [0.1, 0.15) is 27.2 Å². The minimum atomic E-state index is -1.88. The van der Waals surface area contributed by atoms with Crippen molar-refractivity contribution in [1.29, 1.82) is 0 Å². The van der Waals surface area contributed by atoms with Gasteiger partial charge in [0.05, 0.1) is 0 Å². The van der Waals surface area contributed by atoms with Gasteiger partial charge in [0, 0.05) is 19.6 Å². The van der Waals surface area contributed by atoms with E-state index in [1.807, 2.05) is 32.5 Å². The summed E-state index contributed by atoms with van der Waals surface area (Å²) in [5, 5.41) is 0. The summed E-state index contributed by atoms with van der Waals surface area (Å²) in [6, 6.07) is 0.958. The summed E-state index contributed by atoms with van der Waals surface area (Å²) in [6.45, 7) is 17.1. The Hall–Kier alpha value is -0.423. The number of hydrogen-bond donors (Lipinski definition) is 0. The van der Waals surface area contributed by atoms with Crippen LogP contribution >= 0.6 is 0 Å². The van der Waals surface area contributed by atoms with E-state index >= 15 is 0 Å². The SMILES string of the molecule is C=CC1(C)O[Si](C)(C=C)CCC1(OCC)OCC. The molecule has 1 saturated heterocycles. The molecule has 0 amide bonds. The van der Waals surface area contributed by atoms with Crippen molar-refractivity contribution in [2.75, 3.05) is 13.2 Å². The highest BCUT2D eigenvalue weighted by Gasteiger charge is 2.56. The van der Waals surface area contributed by atoms with Crippen LogP contribution in [-0.4, -0.2) is 32.9 Å². The molecule has 3 nitrogen and oxygen atoms in total. The van der Waals surface area contributed by atoms with Crippen LogP contribution in [0.15, 0.2) is 24.9 Å². The maximum Gasteiger partial charge on any atom is 0.215 e. The molecular weight excluding hydrogens is 244 g/mol. The molecule has 0 spiro atoms. The van der Waals surface area contributed by atoms with Gasteiger partial charge in [0.25, 0.3) is 0 Å². The molecule has 18 heavy (non-hydrogen) atoms. The maximum atomic E-state index is 6.33. The average Bonchev–Trinajstić information content (AvgIpc) is 2.35. The van der Waals surface area contributed by atoms with Gasteiger partial charge in [0.15, 0.2) is 5.79 Å². The first-order valence-corrected chi connectivity index (χ1v) is 9.35. The van der Waals surface area contributed by atoms with Crippen LogP contribution in [0, 0.1) is 0 Å². The summed E-state index contributed by atoms with van der Waals surface area (Å²) in [5.41, 5.74) is 1.36. The van der Waals surface area contributed by atoms with Crippen molar-refractivity contribution < 1.29 is 13.9 Å². The molecule has 1 aliphatic heterocycles. The highest BCUT2D eigenvalue weighted by molar-refractivity contribution is 6.77. The van der Waals surface area contributed by atoms with E-state index in [-0.39, 0.29) is 0 Å². The first kappa shape index (κ1) is 15.6. The second-order valence-electron chi connectivity index (χ2n) is 5.05. The molecular formula is C14H26O3Si. The fourth-order valence-electron chi connectivity index (χ4n) is 2.55. The Kier molecular flexibility index (Phi) is 4.95. The van der Waals surface area contributed by atoms with Gasteiger partial charge in [0.2, 0.25) is 8.32 Å². The second-order valence-corrected chi connectivity index (χ2v) is 8.79. The fourth-order valence-corrected chi connectivity index (χ4v) is 4.98. The largest absolute Gasteiger partial charge is 0.399 e. The molecule has 1 heterocycles. The highest BCUT2D eigenvalue weighted by atomic mass is 28.4. The van der Waals surface area contributed by atoms with E-state index in [1.165, 1.54) is 0 Å². The quantitative estimate of drug-likeness (QED) is 0.420. The van der Waals surface area contributed by atoms with Gasteiger partial charge < -0.3 is 13.9 Å². The molecule has 0 aromatic carbocycles. The average molecular weight is 270 g/mol. The molecule has 1 aliphatic rings. The van der Waals surface area contributed by atoms with Crippen LogP contribution in [0.2, 0.25) is 12.6 Å². The van der Waals surface area contributed by atoms with Gasteiger partial charge in [-0.1, -0.05) is 11.8 Å². The van der Waals surface area contributed by atoms with Crippen LogP contribution in [0.4, 0.5) is 0 Å². The lowest BCUT2D eigenvalue weighted by molar-refractivity contribution is -0.303. The molecule has 0 radical (unpaired) electrons. The molecule has 4 heteroatoms. The molecule has 1 rings (SSSR count). The molecule has 0 aromatic heterocycles. The Morgan fingerprint density at radius 1 is 1.28 bits per heavy atom. The predicted molar refractivity (Wildman–Crippen MR) is 76.9 cm³/mol. The fraction of sp³-hybridized carbons (Fsp3) is 0.714. The van der Waals surface area contributed by atoms with E-state index in [2.05, 4.69) is 19.7 Å². The molecule has 0 saturated carbocycles. The van der Waals surface area contributed by atoms with E-state index in [4.69, 9.17) is 13.9 Å². The Morgan fingerprint density at radius 3 is 2.22 bits per heavy atom. The molecule has 0 N–H and O–H groups in total. The third-order valence-corrected chi connectivity index (χ3v) is 6.73. The zero-order valence-corrected chi connectivity index (χ0v) is 13.1. The summed E-state index contributed by atoms with van der Waals surface area (Å²) in [7, 11) is -1.88. The summed E-state index contributed by atoms with van der Waals surface area (Å²) in [6.07, 6.45) is 2.64. The zero-order valence-electron chi connectivity index (χ0n) is 12.1. The standard InChI is InChI=1S/C14H26O3Si/c1-7-13(5)14(15-8-2,16-9-3)11-12-18(6,10-4)17-13/h7,10H,1,4,8-9,11-12H2,2-3,5-6H3. The van der Waals surface area contributed by atoms with Crippen LogP contribution in [0.3, 0.4) is 0 Å². The van der Waals surface area contributed by atoms with Gasteiger partial charge in [-0.05, 0) is 33.4 Å². The summed E-state index contributed by atoms with van der Waals surface area (Å²) in [4.78, 5) is 0. The lowest BCUT2D eigenvalue weighted by Gasteiger charge is -2.53. The molecule has 2 unspecified atom stereocenters. The van der Waals surface area contributed by atoms with Gasteiger partial charge in [-0.15, -0.1) is 13.2 Å². The van der Waals surface area contributed by atoms with Gasteiger partial charge in [-0.3, -0.25) is 0 Å². The van der Waals surface area contributed by atoms with Crippen LogP contribution in [0.25, 0.3) is 0 Å². The van der Waals surface area contributed by atoms with Gasteiger partial charge in [0.1, 0.15) is 5.60 Å². The zero-order chi connectivity index (χ0) is 13.9. The van der Waals surface area contributed by atoms with E-state index in [9.17, 15) is 0 Å². The second kappa shape index (κ2) is 5.69. The van der Waals surface area contributed by atoms with Crippen LogP contribution in [0.5, 0.6) is 0 Å². The van der Waals surface area contributed by atoms with Crippen molar-refractivity contribution in [3.05, 3.63) is 24.9 Å². The Balaban J connectivity index is 3.11. The Labute approximate surface area is 112 Å². The van der Waals surface area contributed by atoms with Crippen molar-refractivity contribution in [2.45, 2.75) is 51.2 Å². The minimum absolute atomic E-state index is 0.596. The van der Waals surface area contributed by atoms with Gasteiger partial charge in [-0.25, -0.2) is 0 Å². The molecule has 0 aliphatic carbocycles. The normalized spacial score (nSPS) is 35.1. The first-order valence-electron chi connectivity index (χ1n) is 6.66. The third-order valence-electron chi connectivity index (χ3n) is 3.73. The number of hydrogen-bond acceptors (Lipinski definition) is 3. The Morgan fingerprint density at radius 2 is 1.83 bits per heavy atom. The molecule has 1 fully saturated rings. The van der Waals surface area contributed by atoms with Crippen molar-refractivity contribution in [2.24, 2.45) is 0 Å². The van der Waals surface area contributed by atoms with Crippen molar-refractivity contribution in [3.8, 4) is 0 Å². The lowest BCUT2D eigenvalue weighted by atomic mass is 9.92. The van der Waals surface area contributed by atoms with Crippen molar-refractivity contribution >= 4 is 8.32 Å².